The summed E-state index contributed by atoms with van der Waals surface area (Å²) in [5, 5.41) is 10.5. The second kappa shape index (κ2) is 12.8. The highest BCUT2D eigenvalue weighted by Crippen LogP contribution is 2.34. The highest BCUT2D eigenvalue weighted by molar-refractivity contribution is 7.20. The SMILES string of the molecule is CN(C)c1cc(-n2c3ccccc3c3ccccc32)cc([Si](c2ccccc2)(c2ccccc2)c2ccc3c(c2)c2ccccc2n3-c2ccccc2)c1. The zero-order chi connectivity index (χ0) is 36.2. The Morgan fingerprint density at radius 3 is 1.31 bits per heavy atom. The van der Waals surface area contributed by atoms with Gasteiger partial charge in [0, 0.05) is 52.7 Å². The van der Waals surface area contributed by atoms with E-state index in [2.05, 4.69) is 228 Å². The van der Waals surface area contributed by atoms with E-state index in [-0.39, 0.29) is 0 Å². The Morgan fingerprint density at radius 1 is 0.333 bits per heavy atom. The van der Waals surface area contributed by atoms with E-state index in [0.717, 1.165) is 0 Å². The van der Waals surface area contributed by atoms with Crippen LogP contribution < -0.4 is 25.6 Å². The first-order valence-corrected chi connectivity index (χ1v) is 20.6. The minimum Gasteiger partial charge on any atom is -0.378 e. The highest BCUT2D eigenvalue weighted by atomic mass is 28.3. The number of rotatable bonds is 7. The molecule has 0 fully saturated rings. The molecule has 0 aliphatic carbocycles. The van der Waals surface area contributed by atoms with Crippen LogP contribution >= 0.6 is 0 Å². The Morgan fingerprint density at radius 2 is 0.778 bits per heavy atom. The smallest absolute Gasteiger partial charge is 0.179 e. The molecular weight excluding hydrogens is 671 g/mol. The van der Waals surface area contributed by atoms with Crippen LogP contribution in [0.5, 0.6) is 0 Å². The normalized spacial score (nSPS) is 11.9. The molecule has 0 radical (unpaired) electrons. The minimum atomic E-state index is -2.98. The second-order valence-corrected chi connectivity index (χ2v) is 18.2. The van der Waals surface area contributed by atoms with Crippen molar-refractivity contribution < 1.29 is 0 Å². The van der Waals surface area contributed by atoms with E-state index in [4.69, 9.17) is 0 Å². The van der Waals surface area contributed by atoms with Gasteiger partial charge in [-0.25, -0.2) is 0 Å². The second-order valence-electron chi connectivity index (χ2n) is 14.4. The largest absolute Gasteiger partial charge is 0.378 e. The lowest BCUT2D eigenvalue weighted by Crippen LogP contribution is -2.74. The number of para-hydroxylation sites is 4. The number of fused-ring (bicyclic) bond motifs is 6. The lowest BCUT2D eigenvalue weighted by Gasteiger charge is -2.35. The Labute approximate surface area is 316 Å². The van der Waals surface area contributed by atoms with Crippen LogP contribution in [0.1, 0.15) is 0 Å². The van der Waals surface area contributed by atoms with E-state index in [9.17, 15) is 0 Å². The quantitative estimate of drug-likeness (QED) is 0.119. The van der Waals surface area contributed by atoms with Gasteiger partial charge >= 0.3 is 0 Å². The summed E-state index contributed by atoms with van der Waals surface area (Å²) in [7, 11) is 1.34. The summed E-state index contributed by atoms with van der Waals surface area (Å²) in [5.74, 6) is 0. The Bertz CT molecular complexity index is 2870. The van der Waals surface area contributed by atoms with Crippen LogP contribution in [0, 0.1) is 0 Å². The zero-order valence-corrected chi connectivity index (χ0v) is 31.4. The van der Waals surface area contributed by atoms with E-state index in [0.29, 0.717) is 0 Å². The van der Waals surface area contributed by atoms with Gasteiger partial charge in [-0.1, -0.05) is 146 Å². The Balaban J connectivity index is 1.34. The molecule has 2 aromatic heterocycles. The van der Waals surface area contributed by atoms with Crippen LogP contribution in [0.4, 0.5) is 5.69 Å². The van der Waals surface area contributed by atoms with Crippen LogP contribution in [0.2, 0.25) is 0 Å². The molecular formula is C50H39N3Si. The molecule has 0 bridgehead atoms. The zero-order valence-electron chi connectivity index (χ0n) is 30.4. The van der Waals surface area contributed by atoms with Crippen molar-refractivity contribution in [2.24, 2.45) is 0 Å². The van der Waals surface area contributed by atoms with Gasteiger partial charge < -0.3 is 14.0 Å². The van der Waals surface area contributed by atoms with Gasteiger partial charge in [0.2, 0.25) is 0 Å². The molecule has 0 atom stereocenters. The third-order valence-electron chi connectivity index (χ3n) is 11.2. The van der Waals surface area contributed by atoms with Crippen molar-refractivity contribution in [2.45, 2.75) is 0 Å². The van der Waals surface area contributed by atoms with Crippen molar-refractivity contribution in [1.29, 1.82) is 0 Å². The van der Waals surface area contributed by atoms with Crippen LogP contribution in [0.25, 0.3) is 55.0 Å². The summed E-state index contributed by atoms with van der Waals surface area (Å²) in [6.07, 6.45) is 0. The van der Waals surface area contributed by atoms with Gasteiger partial charge in [-0.2, -0.15) is 0 Å². The van der Waals surface area contributed by atoms with E-state index in [1.807, 2.05) is 0 Å². The van der Waals surface area contributed by atoms with Gasteiger partial charge in [0.15, 0.2) is 8.07 Å². The predicted molar refractivity (Wildman–Crippen MR) is 233 cm³/mol. The first-order chi connectivity index (χ1) is 26.6. The van der Waals surface area contributed by atoms with Crippen LogP contribution in [0.15, 0.2) is 200 Å². The molecule has 10 aromatic rings. The molecule has 4 heteroatoms. The van der Waals surface area contributed by atoms with Crippen LogP contribution in [-0.4, -0.2) is 31.3 Å². The van der Waals surface area contributed by atoms with Crippen LogP contribution in [0.3, 0.4) is 0 Å². The van der Waals surface area contributed by atoms with Crippen molar-refractivity contribution in [3.8, 4) is 11.4 Å². The molecule has 3 nitrogen and oxygen atoms in total. The average molecular weight is 710 g/mol. The summed E-state index contributed by atoms with van der Waals surface area (Å²) in [6, 6.07) is 74.4. The molecule has 0 saturated carbocycles. The molecule has 0 unspecified atom stereocenters. The van der Waals surface area contributed by atoms with Gasteiger partial charge in [-0.05, 0) is 75.3 Å². The van der Waals surface area contributed by atoms with Crippen molar-refractivity contribution >= 4 is 78.1 Å². The maximum absolute atomic E-state index is 2.98. The lowest BCUT2D eigenvalue weighted by molar-refractivity contribution is 1.11. The van der Waals surface area contributed by atoms with Gasteiger partial charge in [0.25, 0.3) is 0 Å². The Kier molecular flexibility index (Phi) is 7.60. The first kappa shape index (κ1) is 32.1. The van der Waals surface area contributed by atoms with Crippen molar-refractivity contribution in [3.63, 3.8) is 0 Å². The number of benzene rings is 8. The van der Waals surface area contributed by atoms with Gasteiger partial charge in [0.1, 0.15) is 0 Å². The number of nitrogens with zero attached hydrogens (tertiary/aromatic N) is 3. The number of aromatic nitrogens is 2. The van der Waals surface area contributed by atoms with E-state index in [1.54, 1.807) is 0 Å². The summed E-state index contributed by atoms with van der Waals surface area (Å²) < 4.78 is 4.88. The first-order valence-electron chi connectivity index (χ1n) is 18.6. The third-order valence-corrected chi connectivity index (χ3v) is 16.0. The van der Waals surface area contributed by atoms with Gasteiger partial charge in [-0.3, -0.25) is 0 Å². The molecule has 8 aromatic carbocycles. The van der Waals surface area contributed by atoms with Crippen molar-refractivity contribution in [1.82, 2.24) is 9.13 Å². The number of hydrogen-bond acceptors (Lipinski definition) is 1. The fraction of sp³-hybridized carbons (Fsp3) is 0.0400. The fourth-order valence-electron chi connectivity index (χ4n) is 8.84. The van der Waals surface area contributed by atoms with E-state index >= 15 is 0 Å². The number of hydrogen-bond donors (Lipinski definition) is 0. The standard InChI is InChI=1S/C50H39N3Si/c1-51(2)37-32-38(53-47-27-15-12-24-43(47)44-25-13-16-28-48(44)53)34-42(33-37)54(39-20-8-4-9-21-39,40-22-10-5-11-23-40)41-30-31-50-46(35-41)45-26-14-17-29-49(45)52(50)36-18-6-3-7-19-36/h3-35H,1-2H3. The maximum atomic E-state index is 2.52. The molecule has 0 amide bonds. The van der Waals surface area contributed by atoms with Crippen LogP contribution in [-0.2, 0) is 0 Å². The topological polar surface area (TPSA) is 13.1 Å². The van der Waals surface area contributed by atoms with Gasteiger partial charge in [0.05, 0.1) is 22.1 Å². The third kappa shape index (κ3) is 4.88. The molecule has 258 valence electrons. The van der Waals surface area contributed by atoms with Crippen molar-refractivity contribution in [2.75, 3.05) is 19.0 Å². The summed E-state index contributed by atoms with van der Waals surface area (Å²) in [4.78, 5) is 2.26. The number of anilines is 1. The van der Waals surface area contributed by atoms with Gasteiger partial charge in [-0.15, -0.1) is 0 Å². The average Bonchev–Trinajstić information content (AvgIpc) is 3.75. The molecule has 2 heterocycles. The molecule has 0 spiro atoms. The molecule has 10 rings (SSSR count). The van der Waals surface area contributed by atoms with Crippen molar-refractivity contribution in [3.05, 3.63) is 200 Å². The molecule has 54 heavy (non-hydrogen) atoms. The van der Waals surface area contributed by atoms with E-state index in [1.165, 1.54) is 81.4 Å². The fourth-order valence-corrected chi connectivity index (χ4v) is 13.6. The maximum Gasteiger partial charge on any atom is 0.179 e. The minimum absolute atomic E-state index is 1.17. The lowest BCUT2D eigenvalue weighted by atomic mass is 10.1. The predicted octanol–water partition coefficient (Wildman–Crippen LogP) is 9.32. The summed E-state index contributed by atoms with van der Waals surface area (Å²) in [5.41, 5.74) is 8.35. The highest BCUT2D eigenvalue weighted by Gasteiger charge is 2.42. The molecule has 0 saturated heterocycles. The monoisotopic (exact) mass is 709 g/mol. The molecule has 0 N–H and O–H groups in total. The molecule has 0 aliphatic rings. The molecule has 0 aliphatic heterocycles. The Hall–Kier alpha value is -6.62. The summed E-state index contributed by atoms with van der Waals surface area (Å²) in [6.45, 7) is 0. The van der Waals surface area contributed by atoms with E-state index < -0.39 is 8.07 Å². The summed E-state index contributed by atoms with van der Waals surface area (Å²) >= 11 is 0.